The molecule has 21 heavy (non-hydrogen) atoms. The van der Waals surface area contributed by atoms with Gasteiger partial charge in [0.1, 0.15) is 6.54 Å². The number of carbonyl (C=O) groups excluding carboxylic acids is 1. The lowest BCUT2D eigenvalue weighted by atomic mass is 9.96. The molecular formula is C13H21F3N2O3. The second kappa shape index (κ2) is 7.00. The third kappa shape index (κ3) is 4.78. The van der Waals surface area contributed by atoms with Crippen molar-refractivity contribution in [1.29, 1.82) is 0 Å². The lowest BCUT2D eigenvalue weighted by Crippen LogP contribution is -2.52. The largest absolute Gasteiger partial charge is 0.480 e. The van der Waals surface area contributed by atoms with E-state index in [0.717, 1.165) is 0 Å². The van der Waals surface area contributed by atoms with Crippen molar-refractivity contribution in [3.63, 3.8) is 0 Å². The number of carbonyl (C=O) groups is 2. The number of urea groups is 1. The van der Waals surface area contributed by atoms with Crippen molar-refractivity contribution < 1.29 is 27.9 Å². The first-order valence-electron chi connectivity index (χ1n) is 7.00. The van der Waals surface area contributed by atoms with Gasteiger partial charge in [0.25, 0.3) is 0 Å². The van der Waals surface area contributed by atoms with Gasteiger partial charge in [0.15, 0.2) is 0 Å². The van der Waals surface area contributed by atoms with Gasteiger partial charge < -0.3 is 14.9 Å². The maximum atomic E-state index is 12.6. The Morgan fingerprint density at radius 3 is 2.24 bits per heavy atom. The lowest BCUT2D eigenvalue weighted by Gasteiger charge is -2.37. The lowest BCUT2D eigenvalue weighted by molar-refractivity contribution is -0.183. The number of carboxylic acid groups (broad SMARTS) is 1. The molecule has 0 aromatic heterocycles. The molecule has 0 radical (unpaired) electrons. The number of amides is 2. The number of rotatable bonds is 4. The van der Waals surface area contributed by atoms with E-state index in [4.69, 9.17) is 5.11 Å². The summed E-state index contributed by atoms with van der Waals surface area (Å²) in [6.07, 6.45) is -3.90. The Kier molecular flexibility index (Phi) is 5.86. The summed E-state index contributed by atoms with van der Waals surface area (Å²) in [6.45, 7) is 3.13. The molecule has 1 rings (SSSR count). The normalized spacial score (nSPS) is 18.4. The van der Waals surface area contributed by atoms with Crippen LogP contribution in [0.3, 0.4) is 0 Å². The third-order valence-corrected chi connectivity index (χ3v) is 3.90. The number of nitrogens with zero attached hydrogens (tertiary/aromatic N) is 2. The molecule has 122 valence electrons. The molecule has 0 aromatic rings. The van der Waals surface area contributed by atoms with Crippen LogP contribution in [0.1, 0.15) is 33.1 Å². The van der Waals surface area contributed by atoms with Gasteiger partial charge in [0.05, 0.1) is 5.92 Å². The number of piperidine rings is 1. The van der Waals surface area contributed by atoms with E-state index in [-0.39, 0.29) is 32.0 Å². The number of hydrogen-bond donors (Lipinski definition) is 1. The molecule has 0 saturated carbocycles. The van der Waals surface area contributed by atoms with E-state index in [1.807, 2.05) is 6.92 Å². The zero-order valence-corrected chi connectivity index (χ0v) is 12.2. The fraction of sp³-hybridized carbons (Fsp3) is 0.846. The average molecular weight is 310 g/mol. The number of carboxylic acids is 1. The molecule has 1 aliphatic heterocycles. The molecule has 1 fully saturated rings. The third-order valence-electron chi connectivity index (χ3n) is 3.90. The van der Waals surface area contributed by atoms with E-state index in [1.54, 1.807) is 6.92 Å². The van der Waals surface area contributed by atoms with Crippen LogP contribution in [0, 0.1) is 5.92 Å². The summed E-state index contributed by atoms with van der Waals surface area (Å²) in [5.74, 6) is -2.51. The summed E-state index contributed by atoms with van der Waals surface area (Å²) in [5, 5.41) is 8.86. The van der Waals surface area contributed by atoms with Gasteiger partial charge in [-0.1, -0.05) is 6.92 Å². The Labute approximate surface area is 121 Å². The summed E-state index contributed by atoms with van der Waals surface area (Å²) < 4.78 is 37.8. The second-order valence-electron chi connectivity index (χ2n) is 5.36. The molecule has 0 spiro atoms. The van der Waals surface area contributed by atoms with E-state index in [1.165, 1.54) is 9.80 Å². The average Bonchev–Trinajstić information content (AvgIpc) is 2.42. The SMILES string of the molecule is CCC(C)N(CC(=O)O)C(=O)N1CCC(C(F)(F)F)CC1. The molecule has 0 bridgehead atoms. The minimum Gasteiger partial charge on any atom is -0.480 e. The molecule has 1 atom stereocenters. The Hall–Kier alpha value is -1.47. The Morgan fingerprint density at radius 2 is 1.86 bits per heavy atom. The molecule has 2 amide bonds. The van der Waals surface area contributed by atoms with Crippen molar-refractivity contribution >= 4 is 12.0 Å². The van der Waals surface area contributed by atoms with E-state index >= 15 is 0 Å². The fourth-order valence-electron chi connectivity index (χ4n) is 2.36. The molecule has 1 N–H and O–H groups in total. The van der Waals surface area contributed by atoms with Crippen LogP contribution in [-0.2, 0) is 4.79 Å². The summed E-state index contributed by atoms with van der Waals surface area (Å²) in [5.41, 5.74) is 0. The van der Waals surface area contributed by atoms with Crippen molar-refractivity contribution in [2.75, 3.05) is 19.6 Å². The molecule has 1 heterocycles. The Morgan fingerprint density at radius 1 is 1.33 bits per heavy atom. The predicted octanol–water partition coefficient (Wildman–Crippen LogP) is 2.57. The van der Waals surface area contributed by atoms with Gasteiger partial charge >= 0.3 is 18.2 Å². The van der Waals surface area contributed by atoms with E-state index in [0.29, 0.717) is 6.42 Å². The summed E-state index contributed by atoms with van der Waals surface area (Å²) in [4.78, 5) is 25.7. The van der Waals surface area contributed by atoms with Gasteiger partial charge in [-0.25, -0.2) is 4.79 Å². The number of likely N-dealkylation sites (tertiary alicyclic amines) is 1. The van der Waals surface area contributed by atoms with Crippen LogP contribution in [0.5, 0.6) is 0 Å². The van der Waals surface area contributed by atoms with Crippen LogP contribution < -0.4 is 0 Å². The quantitative estimate of drug-likeness (QED) is 0.868. The van der Waals surface area contributed by atoms with Crippen LogP contribution in [0.15, 0.2) is 0 Å². The molecule has 1 saturated heterocycles. The van der Waals surface area contributed by atoms with Crippen molar-refractivity contribution in [1.82, 2.24) is 9.80 Å². The van der Waals surface area contributed by atoms with Crippen molar-refractivity contribution in [3.05, 3.63) is 0 Å². The molecule has 8 heteroatoms. The van der Waals surface area contributed by atoms with Gasteiger partial charge in [-0.15, -0.1) is 0 Å². The Bertz CT molecular complexity index is 379. The molecule has 5 nitrogen and oxygen atoms in total. The monoisotopic (exact) mass is 310 g/mol. The number of aliphatic carboxylic acids is 1. The Balaban J connectivity index is 2.67. The predicted molar refractivity (Wildman–Crippen MR) is 69.8 cm³/mol. The topological polar surface area (TPSA) is 60.9 Å². The zero-order valence-electron chi connectivity index (χ0n) is 12.2. The molecule has 1 unspecified atom stereocenters. The van der Waals surface area contributed by atoms with Crippen molar-refractivity contribution in [2.45, 2.75) is 45.3 Å². The second-order valence-corrected chi connectivity index (χ2v) is 5.36. The van der Waals surface area contributed by atoms with E-state index in [2.05, 4.69) is 0 Å². The smallest absolute Gasteiger partial charge is 0.391 e. The first-order valence-corrected chi connectivity index (χ1v) is 7.00. The van der Waals surface area contributed by atoms with Crippen LogP contribution >= 0.6 is 0 Å². The fourth-order valence-corrected chi connectivity index (χ4v) is 2.36. The molecule has 0 aliphatic carbocycles. The van der Waals surface area contributed by atoms with Gasteiger partial charge in [-0.3, -0.25) is 4.79 Å². The van der Waals surface area contributed by atoms with Gasteiger partial charge in [-0.2, -0.15) is 13.2 Å². The maximum absolute atomic E-state index is 12.6. The maximum Gasteiger partial charge on any atom is 0.391 e. The molecule has 1 aliphatic rings. The van der Waals surface area contributed by atoms with E-state index < -0.39 is 30.6 Å². The van der Waals surface area contributed by atoms with Gasteiger partial charge in [0.2, 0.25) is 0 Å². The standard InChI is InChI=1S/C13H21F3N2O3/c1-3-9(2)18(8-11(19)20)12(21)17-6-4-10(5-7-17)13(14,15)16/h9-10H,3-8H2,1-2H3,(H,19,20). The van der Waals surface area contributed by atoms with Gasteiger partial charge in [0, 0.05) is 19.1 Å². The highest BCUT2D eigenvalue weighted by atomic mass is 19.4. The molecular weight excluding hydrogens is 289 g/mol. The van der Waals surface area contributed by atoms with Crippen molar-refractivity contribution in [2.24, 2.45) is 5.92 Å². The highest BCUT2D eigenvalue weighted by molar-refractivity contribution is 5.80. The van der Waals surface area contributed by atoms with Crippen LogP contribution in [-0.4, -0.2) is 58.8 Å². The zero-order chi connectivity index (χ0) is 16.2. The first kappa shape index (κ1) is 17.6. The number of halogens is 3. The van der Waals surface area contributed by atoms with E-state index in [9.17, 15) is 22.8 Å². The minimum absolute atomic E-state index is 0.00949. The van der Waals surface area contributed by atoms with Gasteiger partial charge in [-0.05, 0) is 26.2 Å². The summed E-state index contributed by atoms with van der Waals surface area (Å²) in [6, 6.07) is -0.763. The summed E-state index contributed by atoms with van der Waals surface area (Å²) in [7, 11) is 0. The van der Waals surface area contributed by atoms with Crippen molar-refractivity contribution in [3.8, 4) is 0 Å². The summed E-state index contributed by atoms with van der Waals surface area (Å²) >= 11 is 0. The highest BCUT2D eigenvalue weighted by Crippen LogP contribution is 2.34. The van der Waals surface area contributed by atoms with Crippen LogP contribution in [0.2, 0.25) is 0 Å². The minimum atomic E-state index is -4.23. The first-order chi connectivity index (χ1) is 9.66. The number of alkyl halides is 3. The van der Waals surface area contributed by atoms with Crippen LogP contribution in [0.4, 0.5) is 18.0 Å². The highest BCUT2D eigenvalue weighted by Gasteiger charge is 2.42. The molecule has 0 aromatic carbocycles. The number of hydrogen-bond acceptors (Lipinski definition) is 2. The van der Waals surface area contributed by atoms with Crippen LogP contribution in [0.25, 0.3) is 0 Å².